The Bertz CT molecular complexity index is 1470. The average Bonchev–Trinajstić information content (AvgIpc) is 3.25. The number of halogens is 5. The molecule has 1 aromatic carbocycles. The van der Waals surface area contributed by atoms with Gasteiger partial charge in [-0.05, 0) is 30.3 Å². The van der Waals surface area contributed by atoms with E-state index in [-0.39, 0.29) is 39.5 Å². The number of carbonyl (C=O) groups excluding carboxylic acids is 1. The molecular weight excluding hydrogens is 508 g/mol. The number of anilines is 1. The van der Waals surface area contributed by atoms with Gasteiger partial charge in [0.2, 0.25) is 0 Å². The summed E-state index contributed by atoms with van der Waals surface area (Å²) >= 11 is 6.00. The maximum Gasteiger partial charge on any atom is 0.434 e. The van der Waals surface area contributed by atoms with Gasteiger partial charge in [-0.25, -0.2) is 19.0 Å². The molecule has 1 amide bonds. The summed E-state index contributed by atoms with van der Waals surface area (Å²) in [5, 5.41) is 3.87. The van der Waals surface area contributed by atoms with Crippen LogP contribution in [-0.4, -0.2) is 32.8 Å². The molecule has 0 bridgehead atoms. The summed E-state index contributed by atoms with van der Waals surface area (Å²) in [6, 6.07) is 7.29. The van der Waals surface area contributed by atoms with Gasteiger partial charge in [0.05, 0.1) is 12.7 Å². The van der Waals surface area contributed by atoms with E-state index in [9.17, 15) is 22.4 Å². The van der Waals surface area contributed by atoms with E-state index in [0.29, 0.717) is 4.68 Å². The summed E-state index contributed by atoms with van der Waals surface area (Å²) in [6.07, 6.45) is -2.58. The monoisotopic (exact) mass is 522 g/mol. The minimum absolute atomic E-state index is 0.000440. The van der Waals surface area contributed by atoms with Crippen molar-refractivity contribution < 1.29 is 31.8 Å². The molecule has 3 aromatic heterocycles. The van der Waals surface area contributed by atoms with Gasteiger partial charge in [0.15, 0.2) is 34.6 Å². The first kappa shape index (κ1) is 24.7. The third-order valence-corrected chi connectivity index (χ3v) is 5.26. The Morgan fingerprint density at radius 3 is 2.47 bits per heavy atom. The van der Waals surface area contributed by atoms with Crippen molar-refractivity contribution in [3.63, 3.8) is 0 Å². The van der Waals surface area contributed by atoms with Crippen LogP contribution < -0.4 is 20.9 Å². The second kappa shape index (κ2) is 9.34. The largest absolute Gasteiger partial charge is 0.493 e. The van der Waals surface area contributed by atoms with Crippen molar-refractivity contribution in [1.29, 1.82) is 0 Å². The molecule has 4 rings (SSSR count). The first-order valence-corrected chi connectivity index (χ1v) is 10.3. The van der Waals surface area contributed by atoms with E-state index < -0.39 is 34.9 Å². The van der Waals surface area contributed by atoms with Crippen LogP contribution in [0.5, 0.6) is 17.2 Å². The number of nitrogens with zero attached hydrogens (tertiary/aromatic N) is 4. The van der Waals surface area contributed by atoms with Gasteiger partial charge in [-0.3, -0.25) is 4.79 Å². The lowest BCUT2D eigenvalue weighted by molar-refractivity contribution is -0.143. The minimum Gasteiger partial charge on any atom is -0.493 e. The summed E-state index contributed by atoms with van der Waals surface area (Å²) in [7, 11) is 1.23. The summed E-state index contributed by atoms with van der Waals surface area (Å²) in [5.41, 5.74) is 7.73. The van der Waals surface area contributed by atoms with Crippen LogP contribution in [0.2, 0.25) is 5.02 Å². The second-order valence-electron chi connectivity index (χ2n) is 7.13. The van der Waals surface area contributed by atoms with Gasteiger partial charge in [-0.1, -0.05) is 11.6 Å². The highest BCUT2D eigenvalue weighted by Crippen LogP contribution is 2.40. The lowest BCUT2D eigenvalue weighted by Gasteiger charge is -2.13. The molecule has 0 spiro atoms. The number of nitrogen functional groups attached to an aromatic ring is 1. The maximum atomic E-state index is 14.9. The number of ether oxygens (including phenoxy) is 2. The van der Waals surface area contributed by atoms with Gasteiger partial charge in [0.1, 0.15) is 16.5 Å². The number of primary amides is 1. The predicted molar refractivity (Wildman–Crippen MR) is 121 cm³/mol. The molecule has 4 N–H and O–H groups in total. The third-order valence-electron chi connectivity index (χ3n) is 4.88. The SMILES string of the molecule is COc1cccnc1-n1nc(-c2ccc(Oc3ccnc(N)c3Cl)c(F)c2)c(C(N)=O)c1C(F)(F)F. The van der Waals surface area contributed by atoms with E-state index in [0.717, 1.165) is 12.1 Å². The van der Waals surface area contributed by atoms with E-state index in [1.807, 2.05) is 0 Å². The van der Waals surface area contributed by atoms with Gasteiger partial charge in [0.25, 0.3) is 5.91 Å². The number of hydrogen-bond donors (Lipinski definition) is 2. The molecule has 186 valence electrons. The van der Waals surface area contributed by atoms with Crippen LogP contribution in [0.1, 0.15) is 16.1 Å². The van der Waals surface area contributed by atoms with Crippen LogP contribution in [0.15, 0.2) is 48.8 Å². The van der Waals surface area contributed by atoms with Gasteiger partial charge in [0, 0.05) is 24.0 Å². The molecule has 0 aliphatic rings. The standard InChI is InChI=1S/C22H15ClF4N6O3/c1-35-14-3-2-7-31-21(14)33-18(22(25,26)27)15(20(29)34)17(32-33)10-4-5-12(11(24)9-10)36-13-6-8-30-19(28)16(13)23/h2-9H,1H3,(H2,28,30)(H2,29,34). The summed E-state index contributed by atoms with van der Waals surface area (Å²) in [5.74, 6) is -3.21. The van der Waals surface area contributed by atoms with Crippen LogP contribution in [0.4, 0.5) is 23.4 Å². The highest BCUT2D eigenvalue weighted by molar-refractivity contribution is 6.34. The van der Waals surface area contributed by atoms with Crippen molar-refractivity contribution in [3.8, 4) is 34.3 Å². The maximum absolute atomic E-state index is 14.9. The Morgan fingerprint density at radius 1 is 1.08 bits per heavy atom. The van der Waals surface area contributed by atoms with Gasteiger partial charge in [-0.2, -0.15) is 18.3 Å². The zero-order valence-corrected chi connectivity index (χ0v) is 18.9. The zero-order valence-electron chi connectivity index (χ0n) is 18.2. The highest BCUT2D eigenvalue weighted by Gasteiger charge is 2.43. The second-order valence-corrected chi connectivity index (χ2v) is 7.51. The summed E-state index contributed by atoms with van der Waals surface area (Å²) in [4.78, 5) is 19.9. The number of methoxy groups -OCH3 is 1. The number of carbonyl (C=O) groups is 1. The fraction of sp³-hybridized carbons (Fsp3) is 0.0909. The summed E-state index contributed by atoms with van der Waals surface area (Å²) in [6.45, 7) is 0. The number of nitrogens with two attached hydrogens (primary N) is 2. The van der Waals surface area contributed by atoms with Crippen molar-refractivity contribution in [2.24, 2.45) is 5.73 Å². The lowest BCUT2D eigenvalue weighted by Crippen LogP contribution is -2.21. The highest BCUT2D eigenvalue weighted by atomic mass is 35.5. The molecule has 0 aliphatic heterocycles. The third kappa shape index (κ3) is 4.47. The van der Waals surface area contributed by atoms with Crippen LogP contribution in [-0.2, 0) is 6.18 Å². The molecule has 0 saturated carbocycles. The Hall–Kier alpha value is -4.39. The van der Waals surface area contributed by atoms with E-state index in [2.05, 4.69) is 15.1 Å². The number of rotatable bonds is 6. The molecule has 0 radical (unpaired) electrons. The van der Waals surface area contributed by atoms with Crippen LogP contribution >= 0.6 is 11.6 Å². The Kier molecular flexibility index (Phi) is 6.41. The molecule has 0 atom stereocenters. The average molecular weight is 523 g/mol. The number of aromatic nitrogens is 4. The minimum atomic E-state index is -5.09. The van der Waals surface area contributed by atoms with Gasteiger partial charge >= 0.3 is 6.18 Å². The number of pyridine rings is 2. The van der Waals surface area contributed by atoms with Crippen LogP contribution in [0.25, 0.3) is 17.1 Å². The van der Waals surface area contributed by atoms with Crippen molar-refractivity contribution in [3.05, 3.63) is 70.9 Å². The van der Waals surface area contributed by atoms with Crippen LogP contribution in [0, 0.1) is 5.82 Å². The smallest absolute Gasteiger partial charge is 0.434 e. The molecule has 0 saturated heterocycles. The first-order chi connectivity index (χ1) is 17.0. The van der Waals surface area contributed by atoms with E-state index >= 15 is 0 Å². The van der Waals surface area contributed by atoms with Crippen LogP contribution in [0.3, 0.4) is 0 Å². The molecule has 36 heavy (non-hydrogen) atoms. The Balaban J connectivity index is 1.88. The topological polar surface area (TPSA) is 131 Å². The summed E-state index contributed by atoms with van der Waals surface area (Å²) < 4.78 is 68.2. The molecule has 9 nitrogen and oxygen atoms in total. The number of alkyl halides is 3. The zero-order chi connectivity index (χ0) is 26.2. The molecule has 0 aliphatic carbocycles. The van der Waals surface area contributed by atoms with Gasteiger partial charge in [-0.15, -0.1) is 0 Å². The van der Waals surface area contributed by atoms with Gasteiger partial charge < -0.3 is 20.9 Å². The van der Waals surface area contributed by atoms with Crippen molar-refractivity contribution in [1.82, 2.24) is 19.7 Å². The fourth-order valence-electron chi connectivity index (χ4n) is 3.34. The van der Waals surface area contributed by atoms with E-state index in [4.69, 9.17) is 32.5 Å². The van der Waals surface area contributed by atoms with E-state index in [1.165, 1.54) is 43.8 Å². The molecular formula is C22H15ClF4N6O3. The first-order valence-electron chi connectivity index (χ1n) is 9.90. The number of amides is 1. The normalized spacial score (nSPS) is 11.4. The predicted octanol–water partition coefficient (Wildman–Crippen LogP) is 4.62. The molecule has 4 aromatic rings. The fourth-order valence-corrected chi connectivity index (χ4v) is 3.49. The van der Waals surface area contributed by atoms with E-state index in [1.54, 1.807) is 0 Å². The lowest BCUT2D eigenvalue weighted by atomic mass is 10.0. The quantitative estimate of drug-likeness (QED) is 0.353. The molecule has 3 heterocycles. The molecule has 14 heteroatoms. The van der Waals surface area contributed by atoms with Crippen molar-refractivity contribution in [2.75, 3.05) is 12.8 Å². The Morgan fingerprint density at radius 2 is 1.83 bits per heavy atom. The number of hydrogen-bond acceptors (Lipinski definition) is 7. The van der Waals surface area contributed by atoms with Crippen molar-refractivity contribution >= 4 is 23.3 Å². The molecule has 0 fully saturated rings. The Labute approximate surface area is 205 Å². The number of benzene rings is 1. The van der Waals surface area contributed by atoms with Crippen molar-refractivity contribution in [2.45, 2.75) is 6.18 Å². The molecule has 0 unspecified atom stereocenters.